The first kappa shape index (κ1) is 11.0. The van der Waals surface area contributed by atoms with E-state index in [-0.39, 0.29) is 5.56 Å². The molecule has 0 N–H and O–H groups in total. The van der Waals surface area contributed by atoms with Crippen LogP contribution in [0, 0.1) is 20.2 Å². The van der Waals surface area contributed by atoms with Crippen LogP contribution in [-0.2, 0) is 0 Å². The summed E-state index contributed by atoms with van der Waals surface area (Å²) < 4.78 is 0. The molecular formula is C11H8N2O4. The maximum absolute atomic E-state index is 10.7. The Morgan fingerprint density at radius 1 is 0.882 bits per heavy atom. The van der Waals surface area contributed by atoms with Gasteiger partial charge in [-0.1, -0.05) is 36.4 Å². The first-order valence-electron chi connectivity index (χ1n) is 4.86. The zero-order chi connectivity index (χ0) is 12.4. The van der Waals surface area contributed by atoms with Gasteiger partial charge in [-0.2, -0.15) is 0 Å². The van der Waals surface area contributed by atoms with Crippen molar-refractivity contribution in [1.82, 2.24) is 0 Å². The zero-order valence-electron chi connectivity index (χ0n) is 8.65. The molecule has 2 aromatic rings. The van der Waals surface area contributed by atoms with Crippen molar-refractivity contribution < 1.29 is 9.85 Å². The van der Waals surface area contributed by atoms with E-state index in [4.69, 9.17) is 0 Å². The summed E-state index contributed by atoms with van der Waals surface area (Å²) in [5.41, 5.74) is 0.109. The summed E-state index contributed by atoms with van der Waals surface area (Å²) in [6.45, 7) is 0. The van der Waals surface area contributed by atoms with Crippen molar-refractivity contribution in [3.63, 3.8) is 0 Å². The Labute approximate surface area is 95.8 Å². The van der Waals surface area contributed by atoms with E-state index < -0.39 is 16.0 Å². The molecule has 0 aromatic heterocycles. The lowest BCUT2D eigenvalue weighted by Gasteiger charge is -2.05. The van der Waals surface area contributed by atoms with Crippen LogP contribution in [0.4, 0.5) is 0 Å². The van der Waals surface area contributed by atoms with E-state index in [1.807, 2.05) is 0 Å². The summed E-state index contributed by atoms with van der Waals surface area (Å²) in [6, 6.07) is 11.6. The Balaban J connectivity index is 2.69. The number of hydrogen-bond acceptors (Lipinski definition) is 4. The van der Waals surface area contributed by atoms with Crippen LogP contribution >= 0.6 is 0 Å². The molecular weight excluding hydrogens is 224 g/mol. The lowest BCUT2D eigenvalue weighted by Crippen LogP contribution is -2.19. The number of benzene rings is 2. The quantitative estimate of drug-likeness (QED) is 0.461. The average molecular weight is 232 g/mol. The van der Waals surface area contributed by atoms with E-state index in [2.05, 4.69) is 0 Å². The van der Waals surface area contributed by atoms with Crippen LogP contribution < -0.4 is 0 Å². The van der Waals surface area contributed by atoms with E-state index in [0.717, 1.165) is 5.39 Å². The molecule has 0 saturated carbocycles. The summed E-state index contributed by atoms with van der Waals surface area (Å²) >= 11 is 0. The number of nitro groups is 2. The molecule has 2 aromatic carbocycles. The van der Waals surface area contributed by atoms with Gasteiger partial charge in [0.05, 0.1) is 0 Å². The third-order valence-corrected chi connectivity index (χ3v) is 2.50. The summed E-state index contributed by atoms with van der Waals surface area (Å²) in [5.74, 6) is 0. The third kappa shape index (κ3) is 1.92. The van der Waals surface area contributed by atoms with Gasteiger partial charge in [-0.15, -0.1) is 0 Å². The highest BCUT2D eigenvalue weighted by Gasteiger charge is 2.35. The van der Waals surface area contributed by atoms with Crippen LogP contribution in [0.3, 0.4) is 0 Å². The van der Waals surface area contributed by atoms with Gasteiger partial charge in [0.2, 0.25) is 0 Å². The van der Waals surface area contributed by atoms with Crippen molar-refractivity contribution in [3.05, 3.63) is 68.3 Å². The van der Waals surface area contributed by atoms with Crippen molar-refractivity contribution in [2.75, 3.05) is 0 Å². The van der Waals surface area contributed by atoms with E-state index in [9.17, 15) is 20.2 Å². The summed E-state index contributed by atoms with van der Waals surface area (Å²) in [7, 11) is 0. The topological polar surface area (TPSA) is 86.3 Å². The lowest BCUT2D eigenvalue weighted by atomic mass is 10.0. The molecule has 0 aliphatic rings. The molecule has 0 unspecified atom stereocenters. The van der Waals surface area contributed by atoms with Gasteiger partial charge in [0.1, 0.15) is 15.4 Å². The minimum atomic E-state index is -1.92. The fraction of sp³-hybridized carbons (Fsp3) is 0.0909. The van der Waals surface area contributed by atoms with E-state index in [1.165, 1.54) is 6.07 Å². The first-order chi connectivity index (χ1) is 8.11. The van der Waals surface area contributed by atoms with E-state index in [1.54, 1.807) is 36.4 Å². The van der Waals surface area contributed by atoms with Gasteiger partial charge in [0, 0.05) is 0 Å². The molecule has 0 radical (unpaired) electrons. The molecule has 17 heavy (non-hydrogen) atoms. The van der Waals surface area contributed by atoms with Gasteiger partial charge in [-0.05, 0) is 16.8 Å². The minimum absolute atomic E-state index is 0.109. The second kappa shape index (κ2) is 4.17. The van der Waals surface area contributed by atoms with Crippen LogP contribution in [0.15, 0.2) is 42.5 Å². The standard InChI is InChI=1S/C11H8N2O4/c14-12(15)11(13(16)17)10-7-3-5-8-4-1-2-6-9(8)10/h1-7,11H. The van der Waals surface area contributed by atoms with Crippen molar-refractivity contribution in [3.8, 4) is 0 Å². The highest BCUT2D eigenvalue weighted by Crippen LogP contribution is 2.26. The second-order valence-corrected chi connectivity index (χ2v) is 3.51. The molecule has 0 heterocycles. The van der Waals surface area contributed by atoms with Crippen LogP contribution in [0.25, 0.3) is 10.8 Å². The average Bonchev–Trinajstić information content (AvgIpc) is 2.28. The van der Waals surface area contributed by atoms with Gasteiger partial charge in [0.25, 0.3) is 0 Å². The Hall–Kier alpha value is -2.50. The van der Waals surface area contributed by atoms with Gasteiger partial charge in [0.15, 0.2) is 0 Å². The Kier molecular flexibility index (Phi) is 2.70. The molecule has 6 nitrogen and oxygen atoms in total. The molecule has 0 aliphatic heterocycles. The van der Waals surface area contributed by atoms with E-state index in [0.29, 0.717) is 5.39 Å². The molecule has 2 rings (SSSR count). The molecule has 0 fully saturated rings. The maximum Gasteiger partial charge on any atom is 0.477 e. The molecule has 0 amide bonds. The Morgan fingerprint density at radius 3 is 2.12 bits per heavy atom. The SMILES string of the molecule is O=[N+]([O-])C(c1cccc2ccccc12)[N+](=O)[O-]. The third-order valence-electron chi connectivity index (χ3n) is 2.50. The van der Waals surface area contributed by atoms with E-state index >= 15 is 0 Å². The molecule has 0 aliphatic carbocycles. The number of hydrogen-bond donors (Lipinski definition) is 0. The first-order valence-corrected chi connectivity index (χ1v) is 4.86. The normalized spacial score (nSPS) is 10.6. The smallest absolute Gasteiger partial charge is 0.258 e. The zero-order valence-corrected chi connectivity index (χ0v) is 8.65. The number of nitrogens with zero attached hydrogens (tertiary/aromatic N) is 2. The Bertz CT molecular complexity index is 578. The van der Waals surface area contributed by atoms with Crippen molar-refractivity contribution >= 4 is 10.8 Å². The molecule has 86 valence electrons. The van der Waals surface area contributed by atoms with Gasteiger partial charge < -0.3 is 0 Å². The predicted molar refractivity (Wildman–Crippen MR) is 60.7 cm³/mol. The summed E-state index contributed by atoms with van der Waals surface area (Å²) in [4.78, 5) is 19.7. The number of fused-ring (bicyclic) bond motifs is 1. The monoisotopic (exact) mass is 232 g/mol. The van der Waals surface area contributed by atoms with Crippen molar-refractivity contribution in [2.45, 2.75) is 6.17 Å². The number of rotatable bonds is 3. The fourth-order valence-corrected chi connectivity index (χ4v) is 1.78. The molecule has 0 atom stereocenters. The summed E-state index contributed by atoms with van der Waals surface area (Å²) in [6.07, 6.45) is -1.92. The Morgan fingerprint density at radius 2 is 1.47 bits per heavy atom. The fourth-order valence-electron chi connectivity index (χ4n) is 1.78. The molecule has 0 spiro atoms. The second-order valence-electron chi connectivity index (χ2n) is 3.51. The molecule has 6 heteroatoms. The molecule has 0 saturated heterocycles. The van der Waals surface area contributed by atoms with Gasteiger partial charge >= 0.3 is 6.17 Å². The lowest BCUT2D eigenvalue weighted by molar-refractivity contribution is -0.752. The minimum Gasteiger partial charge on any atom is -0.258 e. The van der Waals surface area contributed by atoms with Gasteiger partial charge in [-0.25, -0.2) is 0 Å². The van der Waals surface area contributed by atoms with Crippen LogP contribution in [0.2, 0.25) is 0 Å². The van der Waals surface area contributed by atoms with Crippen LogP contribution in [-0.4, -0.2) is 9.85 Å². The van der Waals surface area contributed by atoms with Crippen LogP contribution in [0.5, 0.6) is 0 Å². The van der Waals surface area contributed by atoms with Gasteiger partial charge in [-0.3, -0.25) is 20.2 Å². The predicted octanol–water partition coefficient (Wildman–Crippen LogP) is 2.39. The largest absolute Gasteiger partial charge is 0.477 e. The maximum atomic E-state index is 10.7. The van der Waals surface area contributed by atoms with Crippen molar-refractivity contribution in [1.29, 1.82) is 0 Å². The van der Waals surface area contributed by atoms with Crippen LogP contribution in [0.1, 0.15) is 11.7 Å². The highest BCUT2D eigenvalue weighted by atomic mass is 16.7. The van der Waals surface area contributed by atoms with Crippen molar-refractivity contribution in [2.24, 2.45) is 0 Å². The molecule has 0 bridgehead atoms. The highest BCUT2D eigenvalue weighted by molar-refractivity contribution is 5.85. The summed E-state index contributed by atoms with van der Waals surface area (Å²) in [5, 5.41) is 22.8.